The van der Waals surface area contributed by atoms with Crippen LogP contribution in [-0.2, 0) is 11.3 Å². The SMILES string of the molecule is COCc1cc(OC)c(C2CCNCC2)cc1OC. The topological polar surface area (TPSA) is 39.7 Å². The molecule has 4 nitrogen and oxygen atoms in total. The lowest BCUT2D eigenvalue weighted by Crippen LogP contribution is -2.26. The van der Waals surface area contributed by atoms with Crippen LogP contribution in [0.25, 0.3) is 0 Å². The Morgan fingerprint density at radius 2 is 1.74 bits per heavy atom. The van der Waals surface area contributed by atoms with Crippen LogP contribution in [0.2, 0.25) is 0 Å². The average molecular weight is 265 g/mol. The maximum Gasteiger partial charge on any atom is 0.124 e. The molecular weight excluding hydrogens is 242 g/mol. The van der Waals surface area contributed by atoms with E-state index in [1.807, 2.05) is 6.07 Å². The summed E-state index contributed by atoms with van der Waals surface area (Å²) in [5.41, 5.74) is 2.28. The summed E-state index contributed by atoms with van der Waals surface area (Å²) in [5.74, 6) is 2.37. The Labute approximate surface area is 115 Å². The number of nitrogens with one attached hydrogen (secondary N) is 1. The zero-order valence-corrected chi connectivity index (χ0v) is 12.0. The van der Waals surface area contributed by atoms with Crippen LogP contribution in [-0.4, -0.2) is 34.4 Å². The average Bonchev–Trinajstić information content (AvgIpc) is 2.48. The lowest BCUT2D eigenvalue weighted by Gasteiger charge is -2.25. The number of benzene rings is 1. The van der Waals surface area contributed by atoms with Crippen LogP contribution in [0, 0.1) is 0 Å². The van der Waals surface area contributed by atoms with Crippen molar-refractivity contribution >= 4 is 0 Å². The summed E-state index contributed by atoms with van der Waals surface area (Å²) in [6.45, 7) is 2.66. The maximum atomic E-state index is 5.55. The summed E-state index contributed by atoms with van der Waals surface area (Å²) in [6.07, 6.45) is 2.28. The van der Waals surface area contributed by atoms with Crippen molar-refractivity contribution in [2.75, 3.05) is 34.4 Å². The van der Waals surface area contributed by atoms with Gasteiger partial charge in [0.15, 0.2) is 0 Å². The Kier molecular flexibility index (Phi) is 5.05. The van der Waals surface area contributed by atoms with E-state index in [0.717, 1.165) is 43.0 Å². The minimum Gasteiger partial charge on any atom is -0.496 e. The highest BCUT2D eigenvalue weighted by Gasteiger charge is 2.21. The van der Waals surface area contributed by atoms with Gasteiger partial charge in [-0.25, -0.2) is 0 Å². The molecule has 0 bridgehead atoms. The molecule has 0 atom stereocenters. The van der Waals surface area contributed by atoms with E-state index in [2.05, 4.69) is 11.4 Å². The van der Waals surface area contributed by atoms with Gasteiger partial charge < -0.3 is 19.5 Å². The molecule has 106 valence electrons. The standard InChI is InChI=1S/C15H23NO3/c1-17-10-12-8-15(19-3)13(9-14(12)18-2)11-4-6-16-7-5-11/h8-9,11,16H,4-7,10H2,1-3H3. The van der Waals surface area contributed by atoms with E-state index < -0.39 is 0 Å². The van der Waals surface area contributed by atoms with Crippen molar-refractivity contribution in [2.45, 2.75) is 25.4 Å². The highest BCUT2D eigenvalue weighted by Crippen LogP contribution is 2.37. The van der Waals surface area contributed by atoms with Crippen molar-refractivity contribution in [3.8, 4) is 11.5 Å². The van der Waals surface area contributed by atoms with Crippen molar-refractivity contribution in [3.63, 3.8) is 0 Å². The van der Waals surface area contributed by atoms with E-state index in [1.54, 1.807) is 21.3 Å². The van der Waals surface area contributed by atoms with Gasteiger partial charge in [0, 0.05) is 18.2 Å². The molecular formula is C15H23NO3. The normalized spacial score (nSPS) is 16.4. The summed E-state index contributed by atoms with van der Waals surface area (Å²) in [4.78, 5) is 0. The summed E-state index contributed by atoms with van der Waals surface area (Å²) in [7, 11) is 5.11. The van der Waals surface area contributed by atoms with Gasteiger partial charge >= 0.3 is 0 Å². The molecule has 0 unspecified atom stereocenters. The van der Waals surface area contributed by atoms with Crippen molar-refractivity contribution in [3.05, 3.63) is 23.3 Å². The number of hydrogen-bond acceptors (Lipinski definition) is 4. The number of methoxy groups -OCH3 is 3. The molecule has 4 heteroatoms. The van der Waals surface area contributed by atoms with Crippen LogP contribution in [0.15, 0.2) is 12.1 Å². The second-order valence-corrected chi connectivity index (χ2v) is 4.86. The predicted octanol–water partition coefficient (Wildman–Crippen LogP) is 2.32. The third-order valence-electron chi connectivity index (χ3n) is 3.71. The Morgan fingerprint density at radius 1 is 1.05 bits per heavy atom. The van der Waals surface area contributed by atoms with E-state index >= 15 is 0 Å². The van der Waals surface area contributed by atoms with Crippen molar-refractivity contribution in [1.29, 1.82) is 0 Å². The van der Waals surface area contributed by atoms with Gasteiger partial charge in [0.05, 0.1) is 20.8 Å². The summed E-state index contributed by atoms with van der Waals surface area (Å²) in [5, 5.41) is 3.39. The van der Waals surface area contributed by atoms with Crippen LogP contribution < -0.4 is 14.8 Å². The maximum absolute atomic E-state index is 5.55. The van der Waals surface area contributed by atoms with E-state index in [-0.39, 0.29) is 0 Å². The molecule has 0 spiro atoms. The summed E-state index contributed by atoms with van der Waals surface area (Å²) >= 11 is 0. The lowest BCUT2D eigenvalue weighted by atomic mass is 9.88. The molecule has 0 amide bonds. The Bertz CT molecular complexity index is 414. The highest BCUT2D eigenvalue weighted by molar-refractivity contribution is 5.48. The minimum absolute atomic E-state index is 0.534. The monoisotopic (exact) mass is 265 g/mol. The van der Waals surface area contributed by atoms with Crippen molar-refractivity contribution in [2.24, 2.45) is 0 Å². The third kappa shape index (κ3) is 3.19. The van der Waals surface area contributed by atoms with E-state index in [1.165, 1.54) is 5.56 Å². The van der Waals surface area contributed by atoms with Crippen molar-refractivity contribution in [1.82, 2.24) is 5.32 Å². The second-order valence-electron chi connectivity index (χ2n) is 4.86. The molecule has 0 radical (unpaired) electrons. The molecule has 1 aliphatic heterocycles. The van der Waals surface area contributed by atoms with Gasteiger partial charge in [-0.15, -0.1) is 0 Å². The van der Waals surface area contributed by atoms with Gasteiger partial charge in [-0.2, -0.15) is 0 Å². The lowest BCUT2D eigenvalue weighted by molar-refractivity contribution is 0.181. The van der Waals surface area contributed by atoms with Crippen LogP contribution in [0.1, 0.15) is 29.9 Å². The van der Waals surface area contributed by atoms with E-state index in [4.69, 9.17) is 14.2 Å². The Hall–Kier alpha value is -1.26. The quantitative estimate of drug-likeness (QED) is 0.887. The van der Waals surface area contributed by atoms with Gasteiger partial charge in [-0.3, -0.25) is 0 Å². The largest absolute Gasteiger partial charge is 0.496 e. The third-order valence-corrected chi connectivity index (χ3v) is 3.71. The fourth-order valence-electron chi connectivity index (χ4n) is 2.70. The number of hydrogen-bond donors (Lipinski definition) is 1. The Morgan fingerprint density at radius 3 is 2.32 bits per heavy atom. The highest BCUT2D eigenvalue weighted by atomic mass is 16.5. The number of piperidine rings is 1. The molecule has 0 aliphatic carbocycles. The van der Waals surface area contributed by atoms with Crippen LogP contribution >= 0.6 is 0 Å². The van der Waals surface area contributed by atoms with Crippen LogP contribution in [0.3, 0.4) is 0 Å². The molecule has 0 saturated carbocycles. The van der Waals surface area contributed by atoms with Crippen LogP contribution in [0.5, 0.6) is 11.5 Å². The number of rotatable bonds is 5. The first-order valence-electron chi connectivity index (χ1n) is 6.74. The smallest absolute Gasteiger partial charge is 0.124 e. The molecule has 1 saturated heterocycles. The molecule has 1 aliphatic rings. The van der Waals surface area contributed by atoms with Gasteiger partial charge in [0.2, 0.25) is 0 Å². The fraction of sp³-hybridized carbons (Fsp3) is 0.600. The summed E-state index contributed by atoms with van der Waals surface area (Å²) in [6, 6.07) is 4.16. The van der Waals surface area contributed by atoms with Crippen molar-refractivity contribution < 1.29 is 14.2 Å². The fourth-order valence-corrected chi connectivity index (χ4v) is 2.70. The first-order chi connectivity index (χ1) is 9.30. The summed E-state index contributed by atoms with van der Waals surface area (Å²) < 4.78 is 16.2. The van der Waals surface area contributed by atoms with Gasteiger partial charge in [0.1, 0.15) is 11.5 Å². The minimum atomic E-state index is 0.534. The Balaban J connectivity index is 2.35. The first kappa shape index (κ1) is 14.2. The molecule has 1 N–H and O–H groups in total. The zero-order chi connectivity index (χ0) is 13.7. The molecule has 0 aromatic heterocycles. The molecule has 1 fully saturated rings. The van der Waals surface area contributed by atoms with Gasteiger partial charge in [-0.05, 0) is 44.0 Å². The predicted molar refractivity (Wildman–Crippen MR) is 75.1 cm³/mol. The molecule has 19 heavy (non-hydrogen) atoms. The molecule has 1 aromatic rings. The number of ether oxygens (including phenoxy) is 3. The van der Waals surface area contributed by atoms with E-state index in [0.29, 0.717) is 12.5 Å². The van der Waals surface area contributed by atoms with Gasteiger partial charge in [0.25, 0.3) is 0 Å². The zero-order valence-electron chi connectivity index (χ0n) is 12.0. The first-order valence-corrected chi connectivity index (χ1v) is 6.74. The second kappa shape index (κ2) is 6.78. The molecule has 1 heterocycles. The molecule has 1 aromatic carbocycles. The van der Waals surface area contributed by atoms with E-state index in [9.17, 15) is 0 Å². The molecule has 2 rings (SSSR count). The van der Waals surface area contributed by atoms with Crippen LogP contribution in [0.4, 0.5) is 0 Å². The van der Waals surface area contributed by atoms with Gasteiger partial charge in [-0.1, -0.05) is 0 Å².